The van der Waals surface area contributed by atoms with E-state index in [0.717, 1.165) is 5.76 Å². The Kier molecular flexibility index (Phi) is 4.52. The third-order valence-corrected chi connectivity index (χ3v) is 1.77. The highest BCUT2D eigenvalue weighted by Gasteiger charge is 2.21. The highest BCUT2D eigenvalue weighted by molar-refractivity contribution is 8.93. The molecular formula is C8H14BrNO2. The van der Waals surface area contributed by atoms with E-state index in [0.29, 0.717) is 6.42 Å². The number of rotatable bonds is 2. The molecule has 0 aromatic rings. The normalized spacial score (nSPS) is 27.4. The van der Waals surface area contributed by atoms with Gasteiger partial charge in [0.15, 0.2) is 0 Å². The summed E-state index contributed by atoms with van der Waals surface area (Å²) in [6, 6.07) is 0. The van der Waals surface area contributed by atoms with Gasteiger partial charge in [-0.3, -0.25) is 5.73 Å². The van der Waals surface area contributed by atoms with Crippen molar-refractivity contribution in [2.75, 3.05) is 14.2 Å². The van der Waals surface area contributed by atoms with Gasteiger partial charge in [0.05, 0.1) is 7.11 Å². The predicted octanol–water partition coefficient (Wildman–Crippen LogP) is 1.36. The monoisotopic (exact) mass is 235 g/mol. The zero-order chi connectivity index (χ0) is 8.32. The summed E-state index contributed by atoms with van der Waals surface area (Å²) in [5.41, 5.74) is 5.13. The smallest absolute Gasteiger partial charge is 0.139 e. The molecule has 0 aromatic heterocycles. The molecule has 0 amide bonds. The molecule has 1 unspecified atom stereocenters. The van der Waals surface area contributed by atoms with Crippen LogP contribution in [0.2, 0.25) is 0 Å². The first-order chi connectivity index (χ1) is 5.20. The summed E-state index contributed by atoms with van der Waals surface area (Å²) < 4.78 is 10.1. The molecule has 1 atom stereocenters. The Morgan fingerprint density at radius 2 is 2.17 bits per heavy atom. The molecule has 12 heavy (non-hydrogen) atoms. The van der Waals surface area contributed by atoms with Crippen molar-refractivity contribution in [3.8, 4) is 0 Å². The predicted molar refractivity (Wildman–Crippen MR) is 53.1 cm³/mol. The van der Waals surface area contributed by atoms with E-state index in [2.05, 4.69) is 0 Å². The van der Waals surface area contributed by atoms with E-state index in [4.69, 9.17) is 15.2 Å². The Labute approximate surface area is 83.0 Å². The summed E-state index contributed by atoms with van der Waals surface area (Å²) in [6.45, 7) is 0. The SMILES string of the molecule is Br.COC1=CCC(N)(OC)C=C1. The fraction of sp³-hybridized carbons (Fsp3) is 0.500. The van der Waals surface area contributed by atoms with E-state index in [1.807, 2.05) is 12.2 Å². The molecule has 0 aromatic carbocycles. The van der Waals surface area contributed by atoms with E-state index >= 15 is 0 Å². The fourth-order valence-corrected chi connectivity index (χ4v) is 0.922. The quantitative estimate of drug-likeness (QED) is 0.736. The lowest BCUT2D eigenvalue weighted by Gasteiger charge is -2.25. The van der Waals surface area contributed by atoms with Gasteiger partial charge in [0.1, 0.15) is 11.5 Å². The molecule has 0 radical (unpaired) electrons. The lowest BCUT2D eigenvalue weighted by molar-refractivity contribution is 0.0377. The van der Waals surface area contributed by atoms with Crippen molar-refractivity contribution in [2.24, 2.45) is 5.73 Å². The van der Waals surface area contributed by atoms with Gasteiger partial charge in [0.25, 0.3) is 0 Å². The molecule has 0 aliphatic heterocycles. The van der Waals surface area contributed by atoms with Crippen LogP contribution in [0, 0.1) is 0 Å². The summed E-state index contributed by atoms with van der Waals surface area (Å²) in [4.78, 5) is 0. The summed E-state index contributed by atoms with van der Waals surface area (Å²) in [7, 11) is 3.22. The number of hydrogen-bond acceptors (Lipinski definition) is 3. The lowest BCUT2D eigenvalue weighted by atomic mass is 10.1. The average Bonchev–Trinajstić information content (AvgIpc) is 2.06. The maximum Gasteiger partial charge on any atom is 0.139 e. The largest absolute Gasteiger partial charge is 0.497 e. The Balaban J connectivity index is 0.00000121. The van der Waals surface area contributed by atoms with Crippen LogP contribution in [0.25, 0.3) is 0 Å². The molecule has 70 valence electrons. The van der Waals surface area contributed by atoms with E-state index in [-0.39, 0.29) is 17.0 Å². The second-order valence-corrected chi connectivity index (χ2v) is 2.51. The van der Waals surface area contributed by atoms with Gasteiger partial charge in [0, 0.05) is 13.5 Å². The van der Waals surface area contributed by atoms with Gasteiger partial charge in [-0.1, -0.05) is 0 Å². The van der Waals surface area contributed by atoms with Gasteiger partial charge in [0.2, 0.25) is 0 Å². The molecule has 1 aliphatic rings. The van der Waals surface area contributed by atoms with Crippen molar-refractivity contribution in [3.63, 3.8) is 0 Å². The maximum atomic E-state index is 5.77. The highest BCUT2D eigenvalue weighted by atomic mass is 79.9. The second kappa shape index (κ2) is 4.64. The standard InChI is InChI=1S/C8H13NO2.BrH/c1-10-7-3-5-8(9,11-2)6-4-7;/h3-5H,6,9H2,1-2H3;1H. The Bertz CT molecular complexity index is 203. The van der Waals surface area contributed by atoms with Gasteiger partial charge in [-0.25, -0.2) is 0 Å². The number of allylic oxidation sites excluding steroid dienone is 1. The number of hydrogen-bond donors (Lipinski definition) is 1. The molecule has 0 heterocycles. The van der Waals surface area contributed by atoms with Crippen molar-refractivity contribution < 1.29 is 9.47 Å². The number of halogens is 1. The van der Waals surface area contributed by atoms with Crippen molar-refractivity contribution in [1.29, 1.82) is 0 Å². The summed E-state index contributed by atoms with van der Waals surface area (Å²) in [5.74, 6) is 0.836. The molecule has 3 nitrogen and oxygen atoms in total. The Morgan fingerprint density at radius 3 is 2.50 bits per heavy atom. The van der Waals surface area contributed by atoms with Crippen LogP contribution in [0.5, 0.6) is 0 Å². The zero-order valence-electron chi connectivity index (χ0n) is 7.24. The first kappa shape index (κ1) is 11.7. The van der Waals surface area contributed by atoms with E-state index in [1.54, 1.807) is 20.3 Å². The molecule has 0 spiro atoms. The topological polar surface area (TPSA) is 44.5 Å². The van der Waals surface area contributed by atoms with Gasteiger partial charge >= 0.3 is 0 Å². The summed E-state index contributed by atoms with van der Waals surface area (Å²) in [6.07, 6.45) is 6.17. The molecule has 0 saturated carbocycles. The van der Waals surface area contributed by atoms with Crippen molar-refractivity contribution in [1.82, 2.24) is 0 Å². The van der Waals surface area contributed by atoms with Gasteiger partial charge in [-0.05, 0) is 18.2 Å². The van der Waals surface area contributed by atoms with Crippen LogP contribution in [-0.4, -0.2) is 19.9 Å². The average molecular weight is 236 g/mol. The molecule has 1 aliphatic carbocycles. The van der Waals surface area contributed by atoms with Gasteiger partial charge in [-0.2, -0.15) is 0 Å². The first-order valence-corrected chi connectivity index (χ1v) is 3.47. The second-order valence-electron chi connectivity index (χ2n) is 2.51. The van der Waals surface area contributed by atoms with E-state index < -0.39 is 5.72 Å². The Hall–Kier alpha value is -0.320. The molecular weight excluding hydrogens is 222 g/mol. The number of ether oxygens (including phenoxy) is 2. The van der Waals surface area contributed by atoms with Gasteiger partial charge < -0.3 is 9.47 Å². The van der Waals surface area contributed by atoms with Crippen LogP contribution in [0.3, 0.4) is 0 Å². The maximum absolute atomic E-state index is 5.77. The highest BCUT2D eigenvalue weighted by Crippen LogP contribution is 2.18. The first-order valence-electron chi connectivity index (χ1n) is 3.47. The summed E-state index contributed by atoms with van der Waals surface area (Å²) >= 11 is 0. The molecule has 2 N–H and O–H groups in total. The minimum absolute atomic E-state index is 0. The van der Waals surface area contributed by atoms with Crippen LogP contribution < -0.4 is 5.73 Å². The molecule has 0 saturated heterocycles. The van der Waals surface area contributed by atoms with Crippen LogP contribution in [0.15, 0.2) is 24.0 Å². The van der Waals surface area contributed by atoms with Crippen LogP contribution in [0.4, 0.5) is 0 Å². The summed E-state index contributed by atoms with van der Waals surface area (Å²) in [5, 5.41) is 0. The molecule has 0 bridgehead atoms. The minimum atomic E-state index is -0.637. The van der Waals surface area contributed by atoms with Crippen molar-refractivity contribution >= 4 is 17.0 Å². The van der Waals surface area contributed by atoms with E-state index in [1.165, 1.54) is 0 Å². The van der Waals surface area contributed by atoms with Crippen LogP contribution in [-0.2, 0) is 9.47 Å². The van der Waals surface area contributed by atoms with Crippen LogP contribution in [0.1, 0.15) is 6.42 Å². The Morgan fingerprint density at radius 1 is 1.50 bits per heavy atom. The van der Waals surface area contributed by atoms with Crippen LogP contribution >= 0.6 is 17.0 Å². The number of methoxy groups -OCH3 is 2. The molecule has 1 rings (SSSR count). The molecule has 4 heteroatoms. The minimum Gasteiger partial charge on any atom is -0.497 e. The zero-order valence-corrected chi connectivity index (χ0v) is 8.95. The third kappa shape index (κ3) is 2.62. The van der Waals surface area contributed by atoms with E-state index in [9.17, 15) is 0 Å². The fourth-order valence-electron chi connectivity index (χ4n) is 0.922. The van der Waals surface area contributed by atoms with Crippen molar-refractivity contribution in [3.05, 3.63) is 24.0 Å². The van der Waals surface area contributed by atoms with Crippen molar-refractivity contribution in [2.45, 2.75) is 12.1 Å². The third-order valence-electron chi connectivity index (χ3n) is 1.77. The van der Waals surface area contributed by atoms with Gasteiger partial charge in [-0.15, -0.1) is 17.0 Å². The molecule has 0 fully saturated rings. The number of nitrogens with two attached hydrogens (primary N) is 1. The lowest BCUT2D eigenvalue weighted by Crippen LogP contribution is -2.40.